The Bertz CT molecular complexity index is 1430. The number of esters is 2. The third kappa shape index (κ3) is 11.5. The highest BCUT2D eigenvalue weighted by Gasteiger charge is 2.10. The lowest BCUT2D eigenvalue weighted by Crippen LogP contribution is -2.08. The molecule has 0 aliphatic carbocycles. The molecule has 4 aromatic rings. The van der Waals surface area contributed by atoms with E-state index >= 15 is 0 Å². The molecule has 230 valence electrons. The highest BCUT2D eigenvalue weighted by molar-refractivity contribution is 7.12. The number of aliphatic imine (C=N–C) groups is 1. The van der Waals surface area contributed by atoms with E-state index in [0.717, 1.165) is 17.7 Å². The summed E-state index contributed by atoms with van der Waals surface area (Å²) in [5.74, 6) is 0.865. The summed E-state index contributed by atoms with van der Waals surface area (Å²) in [5, 5.41) is 1.83. The Morgan fingerprint density at radius 1 is 0.659 bits per heavy atom. The molecule has 0 spiro atoms. The van der Waals surface area contributed by atoms with Crippen LogP contribution in [0.15, 0.2) is 95.3 Å². The molecule has 0 atom stereocenters. The number of carbonyl (C=O) groups excluding carboxylic acids is 2. The zero-order valence-electron chi connectivity index (χ0n) is 25.4. The minimum absolute atomic E-state index is 0.372. The van der Waals surface area contributed by atoms with Gasteiger partial charge in [0.1, 0.15) is 22.1 Å². The third-order valence-corrected chi connectivity index (χ3v) is 7.93. The van der Waals surface area contributed by atoms with Gasteiger partial charge in [0.15, 0.2) is 0 Å². The van der Waals surface area contributed by atoms with Crippen LogP contribution in [0.4, 0.5) is 5.69 Å². The fraction of sp³-hybridized carbons (Fsp3) is 0.324. The number of rotatable bonds is 18. The molecule has 6 nitrogen and oxygen atoms in total. The average Bonchev–Trinajstić information content (AvgIpc) is 3.60. The second-order valence-corrected chi connectivity index (χ2v) is 11.6. The summed E-state index contributed by atoms with van der Waals surface area (Å²) in [4.78, 5) is 29.7. The lowest BCUT2D eigenvalue weighted by molar-refractivity contribution is 0.0727. The van der Waals surface area contributed by atoms with Crippen molar-refractivity contribution in [2.75, 3.05) is 6.61 Å². The largest absolute Gasteiger partial charge is 0.494 e. The first-order valence-electron chi connectivity index (χ1n) is 15.6. The van der Waals surface area contributed by atoms with Crippen LogP contribution in [-0.4, -0.2) is 24.8 Å². The lowest BCUT2D eigenvalue weighted by atomic mass is 10.1. The van der Waals surface area contributed by atoms with Crippen molar-refractivity contribution in [3.63, 3.8) is 0 Å². The van der Waals surface area contributed by atoms with Crippen molar-refractivity contribution < 1.29 is 23.8 Å². The number of benzene rings is 3. The smallest absolute Gasteiger partial charge is 0.353 e. The highest BCUT2D eigenvalue weighted by atomic mass is 32.1. The van der Waals surface area contributed by atoms with E-state index in [2.05, 4.69) is 11.9 Å². The average molecular weight is 612 g/mol. The topological polar surface area (TPSA) is 74.2 Å². The maximum atomic E-state index is 12.6. The normalized spacial score (nSPS) is 11.0. The van der Waals surface area contributed by atoms with Crippen molar-refractivity contribution in [3.05, 3.63) is 106 Å². The van der Waals surface area contributed by atoms with Gasteiger partial charge >= 0.3 is 11.9 Å². The number of carbonyl (C=O) groups is 2. The number of hydrogen-bond donors (Lipinski definition) is 0. The van der Waals surface area contributed by atoms with Crippen LogP contribution in [0, 0.1) is 0 Å². The Hall–Kier alpha value is -4.23. The van der Waals surface area contributed by atoms with Gasteiger partial charge in [0.2, 0.25) is 0 Å². The van der Waals surface area contributed by atoms with Crippen LogP contribution >= 0.6 is 11.3 Å². The van der Waals surface area contributed by atoms with Crippen LogP contribution in [0.2, 0.25) is 0 Å². The van der Waals surface area contributed by atoms with Gasteiger partial charge in [-0.25, -0.2) is 9.59 Å². The van der Waals surface area contributed by atoms with E-state index in [9.17, 15) is 9.59 Å². The molecule has 0 amide bonds. The molecule has 0 bridgehead atoms. The van der Waals surface area contributed by atoms with Crippen LogP contribution in [0.1, 0.15) is 96.7 Å². The van der Waals surface area contributed by atoms with Crippen LogP contribution < -0.4 is 14.2 Å². The molecule has 1 aromatic heterocycles. The highest BCUT2D eigenvalue weighted by Crippen LogP contribution is 2.21. The summed E-state index contributed by atoms with van der Waals surface area (Å²) in [6.45, 7) is 2.94. The predicted octanol–water partition coefficient (Wildman–Crippen LogP) is 10.2. The van der Waals surface area contributed by atoms with Gasteiger partial charge < -0.3 is 14.2 Å². The third-order valence-electron chi connectivity index (χ3n) is 7.08. The zero-order chi connectivity index (χ0) is 30.8. The zero-order valence-corrected chi connectivity index (χ0v) is 26.2. The number of ether oxygens (including phenoxy) is 3. The maximum Gasteiger partial charge on any atom is 0.353 e. The Morgan fingerprint density at radius 2 is 1.23 bits per heavy atom. The molecule has 4 rings (SSSR count). The number of nitrogens with zero attached hydrogens (tertiary/aromatic N) is 1. The van der Waals surface area contributed by atoms with Gasteiger partial charge in [0.25, 0.3) is 0 Å². The van der Waals surface area contributed by atoms with E-state index in [1.54, 1.807) is 60.8 Å². The quantitative estimate of drug-likeness (QED) is 0.0484. The Labute approximate surface area is 264 Å². The minimum atomic E-state index is -0.428. The van der Waals surface area contributed by atoms with Crippen molar-refractivity contribution in [3.8, 4) is 17.2 Å². The minimum Gasteiger partial charge on any atom is -0.494 e. The summed E-state index contributed by atoms with van der Waals surface area (Å²) in [6.07, 6.45) is 14.6. The number of unbranched alkanes of at least 4 members (excludes halogenated alkanes) is 9. The van der Waals surface area contributed by atoms with Gasteiger partial charge in [-0.15, -0.1) is 11.3 Å². The molecule has 0 N–H and O–H groups in total. The van der Waals surface area contributed by atoms with Gasteiger partial charge in [-0.05, 0) is 96.2 Å². The van der Waals surface area contributed by atoms with E-state index in [4.69, 9.17) is 14.2 Å². The molecule has 0 aliphatic heterocycles. The summed E-state index contributed by atoms with van der Waals surface area (Å²) in [5.41, 5.74) is 2.03. The van der Waals surface area contributed by atoms with Crippen LogP contribution in [0.25, 0.3) is 0 Å². The monoisotopic (exact) mass is 611 g/mol. The van der Waals surface area contributed by atoms with Crippen molar-refractivity contribution in [1.82, 2.24) is 0 Å². The van der Waals surface area contributed by atoms with Gasteiger partial charge in [-0.1, -0.05) is 70.8 Å². The molecule has 0 unspecified atom stereocenters. The van der Waals surface area contributed by atoms with Crippen molar-refractivity contribution >= 4 is 35.2 Å². The molecule has 3 aromatic carbocycles. The number of hydrogen-bond acceptors (Lipinski definition) is 7. The van der Waals surface area contributed by atoms with E-state index in [1.165, 1.54) is 69.1 Å². The van der Waals surface area contributed by atoms with Crippen LogP contribution in [-0.2, 0) is 0 Å². The first-order chi connectivity index (χ1) is 21.6. The lowest BCUT2D eigenvalue weighted by Gasteiger charge is -2.08. The summed E-state index contributed by atoms with van der Waals surface area (Å²) >= 11 is 1.34. The second kappa shape index (κ2) is 18.4. The van der Waals surface area contributed by atoms with Crippen molar-refractivity contribution in [1.29, 1.82) is 0 Å². The molecule has 0 aliphatic rings. The van der Waals surface area contributed by atoms with E-state index in [-0.39, 0.29) is 5.97 Å². The molecule has 1 heterocycles. The van der Waals surface area contributed by atoms with Crippen LogP contribution in [0.5, 0.6) is 17.2 Å². The Morgan fingerprint density at radius 3 is 1.84 bits per heavy atom. The van der Waals surface area contributed by atoms with Gasteiger partial charge in [-0.3, -0.25) is 4.99 Å². The Kier molecular flexibility index (Phi) is 13.7. The fourth-order valence-corrected chi connectivity index (χ4v) is 5.15. The van der Waals surface area contributed by atoms with E-state index in [0.29, 0.717) is 34.2 Å². The summed E-state index contributed by atoms with van der Waals surface area (Å²) in [6, 6.07) is 24.7. The summed E-state index contributed by atoms with van der Waals surface area (Å²) in [7, 11) is 0. The van der Waals surface area contributed by atoms with Gasteiger partial charge in [0, 0.05) is 6.21 Å². The molecule has 0 radical (unpaired) electrons. The second-order valence-electron chi connectivity index (χ2n) is 10.6. The molecule has 0 fully saturated rings. The van der Waals surface area contributed by atoms with Gasteiger partial charge in [0.05, 0.1) is 17.9 Å². The van der Waals surface area contributed by atoms with E-state index < -0.39 is 5.97 Å². The fourth-order valence-electron chi connectivity index (χ4n) is 4.56. The SMILES string of the molecule is CCCCCCCCCCCCOc1ccc(C(=O)Oc2ccc(N=Cc3ccc(OC(=O)c4cccs4)cc3)cc2)cc1. The van der Waals surface area contributed by atoms with Gasteiger partial charge in [-0.2, -0.15) is 0 Å². The first-order valence-corrected chi connectivity index (χ1v) is 16.4. The van der Waals surface area contributed by atoms with Crippen molar-refractivity contribution in [2.24, 2.45) is 4.99 Å². The van der Waals surface area contributed by atoms with E-state index in [1.807, 2.05) is 35.7 Å². The summed E-state index contributed by atoms with van der Waals surface area (Å²) < 4.78 is 16.8. The maximum absolute atomic E-state index is 12.6. The first kappa shape index (κ1) is 32.7. The molecular weight excluding hydrogens is 570 g/mol. The molecular formula is C37H41NO5S. The molecule has 44 heavy (non-hydrogen) atoms. The predicted molar refractivity (Wildman–Crippen MR) is 178 cm³/mol. The molecule has 0 saturated carbocycles. The van der Waals surface area contributed by atoms with Crippen molar-refractivity contribution in [2.45, 2.75) is 71.1 Å². The standard InChI is InChI=1S/C37H41NO5S/c1-2-3-4-5-6-7-8-9-10-11-26-41-32-22-16-30(17-23-32)36(39)42-34-24-18-31(19-25-34)38-28-29-14-20-33(21-15-29)43-37(40)35-13-12-27-44-35/h12-25,27-28H,2-11,26H2,1H3. The molecule has 0 saturated heterocycles. The Balaban J connectivity index is 1.13. The molecule has 7 heteroatoms. The number of thiophene rings is 1. The van der Waals surface area contributed by atoms with Crippen LogP contribution in [0.3, 0.4) is 0 Å².